The first-order valence-corrected chi connectivity index (χ1v) is 11.8. The van der Waals surface area contributed by atoms with Crippen LogP contribution in [0, 0.1) is 13.8 Å². The quantitative estimate of drug-likeness (QED) is 0.598. The van der Waals surface area contributed by atoms with Crippen LogP contribution in [0.3, 0.4) is 0 Å². The van der Waals surface area contributed by atoms with Crippen LogP contribution >= 0.6 is 0 Å². The minimum absolute atomic E-state index is 0.0360. The van der Waals surface area contributed by atoms with Crippen molar-refractivity contribution in [2.24, 2.45) is 0 Å². The van der Waals surface area contributed by atoms with Crippen LogP contribution in [0.15, 0.2) is 36.4 Å². The molecule has 2 aliphatic heterocycles. The highest BCUT2D eigenvalue weighted by molar-refractivity contribution is 5.76. The number of aliphatic hydroxyl groups is 1. The number of anilines is 1. The Morgan fingerprint density at radius 2 is 1.97 bits per heavy atom. The molecule has 0 radical (unpaired) electrons. The predicted molar refractivity (Wildman–Crippen MR) is 130 cm³/mol. The van der Waals surface area contributed by atoms with Crippen molar-refractivity contribution in [1.29, 1.82) is 0 Å². The van der Waals surface area contributed by atoms with Crippen LogP contribution in [-0.4, -0.2) is 23.0 Å². The number of fused-ring (bicyclic) bond motifs is 5. The summed E-state index contributed by atoms with van der Waals surface area (Å²) in [5, 5.41) is 9.95. The van der Waals surface area contributed by atoms with Gasteiger partial charge in [0.2, 0.25) is 0 Å². The lowest BCUT2D eigenvalue weighted by atomic mass is 9.80. The van der Waals surface area contributed by atoms with E-state index in [1.807, 2.05) is 6.92 Å². The van der Waals surface area contributed by atoms with Crippen LogP contribution in [-0.2, 0) is 17.6 Å². The fraction of sp³-hybridized carbons (Fsp3) is 0.500. The van der Waals surface area contributed by atoms with E-state index in [1.165, 1.54) is 39.1 Å². The van der Waals surface area contributed by atoms with Crippen LogP contribution in [0.4, 0.5) is 5.69 Å². The summed E-state index contributed by atoms with van der Waals surface area (Å²) in [6, 6.07) is 11.7. The molecular formula is C28H37NO2. The summed E-state index contributed by atoms with van der Waals surface area (Å²) in [6.45, 7) is 12.8. The molecule has 2 aliphatic rings. The topological polar surface area (TPSA) is 32.7 Å². The third-order valence-electron chi connectivity index (χ3n) is 6.74. The summed E-state index contributed by atoms with van der Waals surface area (Å²) in [5.41, 5.74) is 8.84. The Kier molecular flexibility index (Phi) is 6.02. The molecule has 2 aromatic rings. The lowest BCUT2D eigenvalue weighted by molar-refractivity contribution is -0.0946. The molecule has 0 bridgehead atoms. The van der Waals surface area contributed by atoms with Gasteiger partial charge < -0.3 is 14.7 Å². The second kappa shape index (κ2) is 8.44. The molecular weight excluding hydrogens is 382 g/mol. The third kappa shape index (κ3) is 4.18. The smallest absolute Gasteiger partial charge is 0.143 e. The molecule has 1 N–H and O–H groups in total. The van der Waals surface area contributed by atoms with Crippen molar-refractivity contribution in [3.63, 3.8) is 0 Å². The van der Waals surface area contributed by atoms with E-state index >= 15 is 0 Å². The van der Waals surface area contributed by atoms with E-state index in [0.29, 0.717) is 6.42 Å². The maximum absolute atomic E-state index is 9.95. The van der Waals surface area contributed by atoms with Crippen LogP contribution in [0.5, 0.6) is 0 Å². The summed E-state index contributed by atoms with van der Waals surface area (Å²) in [7, 11) is 0. The van der Waals surface area contributed by atoms with Crippen molar-refractivity contribution in [2.45, 2.75) is 91.2 Å². The van der Waals surface area contributed by atoms with Crippen LogP contribution in [0.2, 0.25) is 0 Å². The minimum atomic E-state index is -0.490. The summed E-state index contributed by atoms with van der Waals surface area (Å²) in [4.78, 5) is 2.50. The average molecular weight is 420 g/mol. The van der Waals surface area contributed by atoms with Gasteiger partial charge in [-0.1, -0.05) is 55.3 Å². The van der Waals surface area contributed by atoms with Gasteiger partial charge in [-0.15, -0.1) is 0 Å². The first kappa shape index (κ1) is 22.1. The van der Waals surface area contributed by atoms with Gasteiger partial charge in [0.05, 0.1) is 18.2 Å². The Morgan fingerprint density at radius 3 is 2.68 bits per heavy atom. The standard InChI is InChI=1S/C28H37NO2/c1-7-8-22-9-10-23-11-12-26-24-14-18(2)13-19(3)25(24)17-28(6,29(26)27(23)16-22)31-21(5)15-20(4)30/h9-14,16,20-21,26,30H,7-8,15,17H2,1-6H3. The minimum Gasteiger partial charge on any atom is -0.393 e. The fourth-order valence-corrected chi connectivity index (χ4v) is 5.61. The van der Waals surface area contributed by atoms with Gasteiger partial charge in [0, 0.05) is 12.1 Å². The molecule has 31 heavy (non-hydrogen) atoms. The zero-order chi connectivity index (χ0) is 22.3. The largest absolute Gasteiger partial charge is 0.393 e. The van der Waals surface area contributed by atoms with Gasteiger partial charge in [-0.25, -0.2) is 0 Å². The second-order valence-electron chi connectivity index (χ2n) is 9.83. The normalized spacial score (nSPS) is 23.7. The van der Waals surface area contributed by atoms with Crippen molar-refractivity contribution in [3.8, 4) is 0 Å². The molecule has 0 saturated heterocycles. The SMILES string of the molecule is CCCc1ccc2c(c1)N1C(C=C2)c2cc(C)cc(C)c2CC1(C)OC(C)CC(C)O. The Hall–Kier alpha value is -2.10. The molecule has 4 atom stereocenters. The van der Waals surface area contributed by atoms with E-state index in [2.05, 4.69) is 82.0 Å². The monoisotopic (exact) mass is 419 g/mol. The molecule has 3 nitrogen and oxygen atoms in total. The van der Waals surface area contributed by atoms with Gasteiger partial charge in [0.1, 0.15) is 5.72 Å². The number of rotatable bonds is 6. The average Bonchev–Trinajstić information content (AvgIpc) is 2.68. The number of aryl methyl sites for hydroxylation is 3. The Balaban J connectivity index is 1.86. The van der Waals surface area contributed by atoms with Crippen LogP contribution in [0.1, 0.15) is 80.0 Å². The molecule has 0 spiro atoms. The second-order valence-corrected chi connectivity index (χ2v) is 9.83. The lowest BCUT2D eigenvalue weighted by Crippen LogP contribution is -2.57. The molecule has 0 aromatic heterocycles. The molecule has 0 amide bonds. The number of nitrogens with zero attached hydrogens (tertiary/aromatic N) is 1. The molecule has 4 unspecified atom stereocenters. The van der Waals surface area contributed by atoms with Crippen LogP contribution in [0.25, 0.3) is 6.08 Å². The third-order valence-corrected chi connectivity index (χ3v) is 6.74. The maximum atomic E-state index is 9.95. The molecule has 2 aromatic carbocycles. The zero-order valence-corrected chi connectivity index (χ0v) is 19.9. The highest BCUT2D eigenvalue weighted by atomic mass is 16.5. The van der Waals surface area contributed by atoms with Gasteiger partial charge >= 0.3 is 0 Å². The maximum Gasteiger partial charge on any atom is 0.143 e. The van der Waals surface area contributed by atoms with Gasteiger partial charge in [0.15, 0.2) is 0 Å². The number of aliphatic hydroxyl groups excluding tert-OH is 1. The highest BCUT2D eigenvalue weighted by Gasteiger charge is 2.46. The fourth-order valence-electron chi connectivity index (χ4n) is 5.61. The van der Waals surface area contributed by atoms with E-state index in [1.54, 1.807) is 0 Å². The van der Waals surface area contributed by atoms with Crippen molar-refractivity contribution >= 4 is 11.8 Å². The predicted octanol–water partition coefficient (Wildman–Crippen LogP) is 6.28. The van der Waals surface area contributed by atoms with Crippen molar-refractivity contribution in [3.05, 3.63) is 69.8 Å². The Bertz CT molecular complexity index is 993. The Labute approximate surface area is 187 Å². The van der Waals surface area contributed by atoms with Crippen molar-refractivity contribution in [2.75, 3.05) is 4.90 Å². The molecule has 2 heterocycles. The Morgan fingerprint density at radius 1 is 1.19 bits per heavy atom. The van der Waals surface area contributed by atoms with E-state index in [-0.39, 0.29) is 18.2 Å². The first-order valence-electron chi connectivity index (χ1n) is 11.8. The van der Waals surface area contributed by atoms with E-state index < -0.39 is 5.72 Å². The molecule has 0 aliphatic carbocycles. The number of hydrogen-bond acceptors (Lipinski definition) is 3. The highest BCUT2D eigenvalue weighted by Crippen LogP contribution is 2.49. The van der Waals surface area contributed by atoms with E-state index in [0.717, 1.165) is 19.3 Å². The lowest BCUT2D eigenvalue weighted by Gasteiger charge is -2.53. The zero-order valence-electron chi connectivity index (χ0n) is 19.9. The van der Waals surface area contributed by atoms with Gasteiger partial charge in [-0.2, -0.15) is 0 Å². The molecule has 166 valence electrons. The van der Waals surface area contributed by atoms with E-state index in [4.69, 9.17) is 4.74 Å². The summed E-state index contributed by atoms with van der Waals surface area (Å²) in [5.74, 6) is 0. The van der Waals surface area contributed by atoms with Crippen molar-refractivity contribution in [1.82, 2.24) is 0 Å². The van der Waals surface area contributed by atoms with E-state index in [9.17, 15) is 5.11 Å². The summed E-state index contributed by atoms with van der Waals surface area (Å²) in [6.07, 6.45) is 7.88. The number of benzene rings is 2. The first-order chi connectivity index (χ1) is 14.7. The molecule has 4 rings (SSSR count). The van der Waals surface area contributed by atoms with Crippen molar-refractivity contribution < 1.29 is 9.84 Å². The van der Waals surface area contributed by atoms with Crippen LogP contribution < -0.4 is 4.90 Å². The number of hydrogen-bond donors (Lipinski definition) is 1. The van der Waals surface area contributed by atoms with Gasteiger partial charge in [-0.3, -0.25) is 0 Å². The number of ether oxygens (including phenoxy) is 1. The van der Waals surface area contributed by atoms with Gasteiger partial charge in [0.25, 0.3) is 0 Å². The molecule has 3 heteroatoms. The van der Waals surface area contributed by atoms with Gasteiger partial charge in [-0.05, 0) is 81.3 Å². The summed E-state index contributed by atoms with van der Waals surface area (Å²) >= 11 is 0. The molecule has 0 saturated carbocycles. The molecule has 0 fully saturated rings. The summed E-state index contributed by atoms with van der Waals surface area (Å²) < 4.78 is 6.79.